The molecule has 0 aliphatic carbocycles. The molecule has 8 heteroatoms. The van der Waals surface area contributed by atoms with E-state index in [1.807, 2.05) is 0 Å². The second-order valence-electron chi connectivity index (χ2n) is 4.28. The van der Waals surface area contributed by atoms with E-state index in [0.717, 1.165) is 12.1 Å². The quantitative estimate of drug-likeness (QED) is 0.547. The molecule has 0 bridgehead atoms. The lowest BCUT2D eigenvalue weighted by Crippen LogP contribution is -2.48. The van der Waals surface area contributed by atoms with Gasteiger partial charge in [-0.15, -0.1) is 0 Å². The Morgan fingerprint density at radius 2 is 2.00 bits per heavy atom. The molecule has 0 aromatic heterocycles. The maximum absolute atomic E-state index is 13.0. The van der Waals surface area contributed by atoms with Gasteiger partial charge in [-0.05, 0) is 24.1 Å². The molecule has 0 fully saturated rings. The summed E-state index contributed by atoms with van der Waals surface area (Å²) in [5, 5.41) is 8.57. The van der Waals surface area contributed by atoms with Crippen LogP contribution in [0.1, 0.15) is 13.8 Å². The highest BCUT2D eigenvalue weighted by Gasteiger charge is 2.28. The van der Waals surface area contributed by atoms with Crippen LogP contribution < -0.4 is 10.2 Å². The van der Waals surface area contributed by atoms with Gasteiger partial charge in [-0.25, -0.2) is 18.3 Å². The van der Waals surface area contributed by atoms with Crippen molar-refractivity contribution in [1.29, 1.82) is 0 Å². The number of carbonyl (C=O) groups excluding carboxylic acids is 1. The van der Waals surface area contributed by atoms with E-state index in [0.29, 0.717) is 0 Å². The van der Waals surface area contributed by atoms with Crippen molar-refractivity contribution in [3.8, 4) is 0 Å². The average molecular weight is 290 g/mol. The van der Waals surface area contributed by atoms with Crippen LogP contribution in [-0.4, -0.2) is 25.6 Å². The molecule has 19 heavy (non-hydrogen) atoms. The smallest absolute Gasteiger partial charge is 0.261 e. The Morgan fingerprint density at radius 3 is 2.47 bits per heavy atom. The van der Waals surface area contributed by atoms with Gasteiger partial charge in [0, 0.05) is 0 Å². The fraction of sp³-hybridized carbons (Fsp3) is 0.364. The third-order valence-electron chi connectivity index (χ3n) is 2.45. The summed E-state index contributed by atoms with van der Waals surface area (Å²) >= 11 is 0. The van der Waals surface area contributed by atoms with Crippen molar-refractivity contribution >= 4 is 15.9 Å². The Labute approximate surface area is 110 Å². The standard InChI is InChI=1S/C11H15FN2O4S/c1-7(2)10(11(15)13-16)14-19(17,18)9-5-3-4-8(12)6-9/h3-7,10,14,16H,1-2H3,(H,13,15)/t10-/m1/s1. The van der Waals surface area contributed by atoms with Crippen molar-refractivity contribution in [2.75, 3.05) is 0 Å². The van der Waals surface area contributed by atoms with Crippen LogP contribution in [0.3, 0.4) is 0 Å². The van der Waals surface area contributed by atoms with Crippen LogP contribution in [0, 0.1) is 11.7 Å². The number of rotatable bonds is 5. The molecule has 1 aromatic carbocycles. The van der Waals surface area contributed by atoms with Crippen LogP contribution in [-0.2, 0) is 14.8 Å². The summed E-state index contributed by atoms with van der Waals surface area (Å²) in [6.07, 6.45) is 0. The van der Waals surface area contributed by atoms with Gasteiger partial charge in [-0.3, -0.25) is 10.0 Å². The molecular weight excluding hydrogens is 275 g/mol. The van der Waals surface area contributed by atoms with Crippen molar-refractivity contribution in [1.82, 2.24) is 10.2 Å². The van der Waals surface area contributed by atoms with Crippen LogP contribution in [0.4, 0.5) is 4.39 Å². The summed E-state index contributed by atoms with van der Waals surface area (Å²) in [7, 11) is -4.04. The Kier molecular flexibility index (Phi) is 4.98. The van der Waals surface area contributed by atoms with Gasteiger partial charge in [0.05, 0.1) is 4.90 Å². The summed E-state index contributed by atoms with van der Waals surface area (Å²) < 4.78 is 39.1. The minimum Gasteiger partial charge on any atom is -0.289 e. The minimum absolute atomic E-state index is 0.288. The lowest BCUT2D eigenvalue weighted by atomic mass is 10.1. The number of hydroxylamine groups is 1. The molecule has 1 rings (SSSR count). The van der Waals surface area contributed by atoms with Crippen molar-refractivity contribution < 1.29 is 22.8 Å². The summed E-state index contributed by atoms with van der Waals surface area (Å²) in [5.41, 5.74) is 1.39. The highest BCUT2D eigenvalue weighted by atomic mass is 32.2. The Bertz CT molecular complexity index is 560. The monoisotopic (exact) mass is 290 g/mol. The minimum atomic E-state index is -4.04. The van der Waals surface area contributed by atoms with E-state index in [9.17, 15) is 17.6 Å². The van der Waals surface area contributed by atoms with E-state index in [-0.39, 0.29) is 4.90 Å². The summed E-state index contributed by atoms with van der Waals surface area (Å²) in [4.78, 5) is 11.1. The fourth-order valence-electron chi connectivity index (χ4n) is 1.43. The third kappa shape index (κ3) is 3.98. The number of hydrogen-bond donors (Lipinski definition) is 3. The zero-order valence-electron chi connectivity index (χ0n) is 10.4. The maximum Gasteiger partial charge on any atom is 0.261 e. The van der Waals surface area contributed by atoms with Crippen molar-refractivity contribution in [2.45, 2.75) is 24.8 Å². The first-order chi connectivity index (χ1) is 8.77. The molecule has 0 radical (unpaired) electrons. The Morgan fingerprint density at radius 1 is 1.37 bits per heavy atom. The first-order valence-electron chi connectivity index (χ1n) is 5.50. The zero-order valence-corrected chi connectivity index (χ0v) is 11.2. The molecule has 0 aliphatic heterocycles. The molecule has 3 N–H and O–H groups in total. The van der Waals surface area contributed by atoms with Gasteiger partial charge in [0.2, 0.25) is 10.0 Å². The van der Waals surface area contributed by atoms with E-state index >= 15 is 0 Å². The highest BCUT2D eigenvalue weighted by Crippen LogP contribution is 2.13. The topological polar surface area (TPSA) is 95.5 Å². The predicted molar refractivity (Wildman–Crippen MR) is 65.3 cm³/mol. The number of sulfonamides is 1. The first kappa shape index (κ1) is 15.5. The fourth-order valence-corrected chi connectivity index (χ4v) is 2.81. The lowest BCUT2D eigenvalue weighted by molar-refractivity contribution is -0.131. The van der Waals surface area contributed by atoms with Crippen molar-refractivity contribution in [3.05, 3.63) is 30.1 Å². The van der Waals surface area contributed by atoms with E-state index in [2.05, 4.69) is 4.72 Å². The van der Waals surface area contributed by atoms with Gasteiger partial charge in [-0.2, -0.15) is 4.72 Å². The third-order valence-corrected chi connectivity index (χ3v) is 3.89. The molecule has 6 nitrogen and oxygen atoms in total. The normalized spacial score (nSPS) is 13.3. The predicted octanol–water partition coefficient (Wildman–Crippen LogP) is 0.634. The van der Waals surface area contributed by atoms with Gasteiger partial charge in [-0.1, -0.05) is 19.9 Å². The van der Waals surface area contributed by atoms with Crippen LogP contribution >= 0.6 is 0 Å². The number of carbonyl (C=O) groups is 1. The second kappa shape index (κ2) is 6.09. The van der Waals surface area contributed by atoms with Crippen LogP contribution in [0.15, 0.2) is 29.2 Å². The van der Waals surface area contributed by atoms with Gasteiger partial charge < -0.3 is 0 Å². The molecule has 1 aromatic rings. The second-order valence-corrected chi connectivity index (χ2v) is 5.99. The molecule has 0 saturated carbocycles. The van der Waals surface area contributed by atoms with Gasteiger partial charge in [0.1, 0.15) is 11.9 Å². The van der Waals surface area contributed by atoms with E-state index in [4.69, 9.17) is 5.21 Å². The zero-order chi connectivity index (χ0) is 14.6. The van der Waals surface area contributed by atoms with E-state index in [1.165, 1.54) is 17.6 Å². The average Bonchev–Trinajstić information content (AvgIpc) is 2.35. The largest absolute Gasteiger partial charge is 0.289 e. The van der Waals surface area contributed by atoms with Gasteiger partial charge in [0.15, 0.2) is 0 Å². The van der Waals surface area contributed by atoms with E-state index < -0.39 is 33.7 Å². The molecular formula is C11H15FN2O4S. The number of hydrogen-bond acceptors (Lipinski definition) is 4. The van der Waals surface area contributed by atoms with Gasteiger partial charge >= 0.3 is 0 Å². The van der Waals surface area contributed by atoms with Crippen LogP contribution in [0.2, 0.25) is 0 Å². The Hall–Kier alpha value is -1.51. The van der Waals surface area contributed by atoms with Crippen LogP contribution in [0.25, 0.3) is 0 Å². The molecule has 0 heterocycles. The summed E-state index contributed by atoms with van der Waals surface area (Å²) in [6.45, 7) is 3.21. The summed E-state index contributed by atoms with van der Waals surface area (Å²) in [5.74, 6) is -1.97. The maximum atomic E-state index is 13.0. The molecule has 0 spiro atoms. The number of amides is 1. The van der Waals surface area contributed by atoms with Crippen molar-refractivity contribution in [3.63, 3.8) is 0 Å². The molecule has 0 saturated heterocycles. The van der Waals surface area contributed by atoms with Gasteiger partial charge in [0.25, 0.3) is 5.91 Å². The van der Waals surface area contributed by atoms with Crippen molar-refractivity contribution in [2.24, 2.45) is 5.92 Å². The van der Waals surface area contributed by atoms with E-state index in [1.54, 1.807) is 13.8 Å². The molecule has 0 unspecified atom stereocenters. The number of benzene rings is 1. The number of nitrogens with one attached hydrogen (secondary N) is 2. The molecule has 1 amide bonds. The molecule has 0 aliphatic rings. The highest BCUT2D eigenvalue weighted by molar-refractivity contribution is 7.89. The number of halogens is 1. The molecule has 106 valence electrons. The SMILES string of the molecule is CC(C)[C@@H](NS(=O)(=O)c1cccc(F)c1)C(=O)NO. The van der Waals surface area contributed by atoms with Crippen LogP contribution in [0.5, 0.6) is 0 Å². The Balaban J connectivity index is 3.04. The molecule has 1 atom stereocenters. The summed E-state index contributed by atoms with van der Waals surface area (Å²) in [6, 6.07) is 3.26. The lowest BCUT2D eigenvalue weighted by Gasteiger charge is -2.20. The first-order valence-corrected chi connectivity index (χ1v) is 6.98.